The van der Waals surface area contributed by atoms with Crippen LogP contribution in [0, 0.1) is 5.82 Å². The molecule has 0 unspecified atom stereocenters. The van der Waals surface area contributed by atoms with E-state index in [1.165, 1.54) is 6.07 Å². The number of halogens is 1. The van der Waals surface area contributed by atoms with Crippen molar-refractivity contribution in [1.82, 2.24) is 5.32 Å². The van der Waals surface area contributed by atoms with Crippen LogP contribution in [0.1, 0.15) is 16.7 Å². The van der Waals surface area contributed by atoms with Crippen LogP contribution >= 0.6 is 0 Å². The first-order chi connectivity index (χ1) is 10.2. The van der Waals surface area contributed by atoms with Crippen LogP contribution in [0.3, 0.4) is 0 Å². The summed E-state index contributed by atoms with van der Waals surface area (Å²) >= 11 is 0. The number of nitrogens with one attached hydrogen (secondary N) is 1. The molecule has 2 aromatic carbocycles. The highest BCUT2D eigenvalue weighted by Crippen LogP contribution is 2.07. The van der Waals surface area contributed by atoms with Gasteiger partial charge in [0.1, 0.15) is 5.82 Å². The number of rotatable bonds is 6. The van der Waals surface area contributed by atoms with Gasteiger partial charge in [-0.3, -0.25) is 0 Å². The van der Waals surface area contributed by atoms with Crippen molar-refractivity contribution in [2.24, 2.45) is 10.9 Å². The van der Waals surface area contributed by atoms with E-state index in [9.17, 15) is 4.39 Å². The van der Waals surface area contributed by atoms with Crippen LogP contribution in [-0.2, 0) is 13.0 Å². The first kappa shape index (κ1) is 15.0. The molecule has 0 saturated carbocycles. The molecule has 0 bridgehead atoms. The maximum Gasteiger partial charge on any atom is 0.170 e. The Labute approximate surface area is 123 Å². The van der Waals surface area contributed by atoms with E-state index in [0.29, 0.717) is 30.6 Å². The molecule has 2 aromatic rings. The molecule has 0 spiro atoms. The minimum Gasteiger partial charge on any atom is -0.409 e. The van der Waals surface area contributed by atoms with E-state index in [0.717, 1.165) is 5.56 Å². The van der Waals surface area contributed by atoms with Gasteiger partial charge in [-0.2, -0.15) is 0 Å². The van der Waals surface area contributed by atoms with Crippen molar-refractivity contribution >= 4 is 5.84 Å². The number of oxime groups is 1. The Bertz CT molecular complexity index is 628. The molecular weight excluding hydrogens is 269 g/mol. The molecule has 0 heterocycles. The molecule has 0 aliphatic heterocycles. The van der Waals surface area contributed by atoms with Crippen LogP contribution in [0.5, 0.6) is 0 Å². The Morgan fingerprint density at radius 3 is 2.76 bits per heavy atom. The maximum absolute atomic E-state index is 13.4. The third-order valence-electron chi connectivity index (χ3n) is 3.19. The fraction of sp³-hybridized carbons (Fsp3) is 0.188. The second-order valence-corrected chi connectivity index (χ2v) is 4.70. The second-order valence-electron chi connectivity index (χ2n) is 4.70. The number of hydrogen-bond acceptors (Lipinski definition) is 3. The molecule has 4 N–H and O–H groups in total. The Hall–Kier alpha value is -2.40. The summed E-state index contributed by atoms with van der Waals surface area (Å²) in [4.78, 5) is 0. The summed E-state index contributed by atoms with van der Waals surface area (Å²) in [5.41, 5.74) is 7.95. The molecule has 0 aromatic heterocycles. The van der Waals surface area contributed by atoms with E-state index in [2.05, 4.69) is 10.5 Å². The molecule has 0 radical (unpaired) electrons. The molecule has 0 saturated heterocycles. The predicted molar refractivity (Wildman–Crippen MR) is 80.8 cm³/mol. The highest BCUT2D eigenvalue weighted by molar-refractivity contribution is 5.97. The van der Waals surface area contributed by atoms with Gasteiger partial charge in [0.2, 0.25) is 0 Å². The lowest BCUT2D eigenvalue weighted by molar-refractivity contribution is 0.318. The van der Waals surface area contributed by atoms with Crippen molar-refractivity contribution in [2.45, 2.75) is 13.0 Å². The van der Waals surface area contributed by atoms with Crippen molar-refractivity contribution < 1.29 is 9.60 Å². The van der Waals surface area contributed by atoms with Gasteiger partial charge in [0.25, 0.3) is 0 Å². The smallest absolute Gasteiger partial charge is 0.170 e. The summed E-state index contributed by atoms with van der Waals surface area (Å²) in [6.45, 7) is 1.32. The summed E-state index contributed by atoms with van der Waals surface area (Å²) in [7, 11) is 0. The van der Waals surface area contributed by atoms with Crippen molar-refractivity contribution in [1.29, 1.82) is 0 Å². The van der Waals surface area contributed by atoms with Gasteiger partial charge in [-0.15, -0.1) is 0 Å². The second kappa shape index (κ2) is 7.40. The highest BCUT2D eigenvalue weighted by atomic mass is 19.1. The zero-order valence-corrected chi connectivity index (χ0v) is 11.6. The molecule has 0 aliphatic rings. The van der Waals surface area contributed by atoms with Crippen molar-refractivity contribution in [2.75, 3.05) is 6.54 Å². The van der Waals surface area contributed by atoms with Gasteiger partial charge in [-0.05, 0) is 36.2 Å². The maximum atomic E-state index is 13.4. The van der Waals surface area contributed by atoms with Crippen LogP contribution in [0.2, 0.25) is 0 Å². The monoisotopic (exact) mass is 287 g/mol. The first-order valence-electron chi connectivity index (χ1n) is 6.71. The van der Waals surface area contributed by atoms with E-state index in [1.807, 2.05) is 24.3 Å². The lowest BCUT2D eigenvalue weighted by Gasteiger charge is -2.07. The number of nitrogens with two attached hydrogens (primary N) is 1. The molecule has 110 valence electrons. The molecule has 0 atom stereocenters. The van der Waals surface area contributed by atoms with Crippen molar-refractivity contribution in [3.8, 4) is 0 Å². The van der Waals surface area contributed by atoms with Crippen molar-refractivity contribution in [3.05, 3.63) is 71.0 Å². The van der Waals surface area contributed by atoms with E-state index < -0.39 is 0 Å². The third kappa shape index (κ3) is 4.29. The minimum absolute atomic E-state index is 0.0863. The molecule has 5 heteroatoms. The molecule has 21 heavy (non-hydrogen) atoms. The molecule has 4 nitrogen and oxygen atoms in total. The highest BCUT2D eigenvalue weighted by Gasteiger charge is 2.02. The Morgan fingerprint density at radius 1 is 1.19 bits per heavy atom. The number of nitrogens with zero attached hydrogens (tertiary/aromatic N) is 1. The standard InChI is InChI=1S/C16H18FN3O/c17-15-7-2-1-5-13(15)8-9-19-11-12-4-3-6-14(10-12)16(18)20-21/h1-7,10,19,21H,8-9,11H2,(H2,18,20). The van der Waals surface area contributed by atoms with E-state index in [4.69, 9.17) is 10.9 Å². The topological polar surface area (TPSA) is 70.6 Å². The summed E-state index contributed by atoms with van der Waals surface area (Å²) in [6, 6.07) is 14.2. The Morgan fingerprint density at radius 2 is 2.00 bits per heavy atom. The average molecular weight is 287 g/mol. The van der Waals surface area contributed by atoms with Gasteiger partial charge >= 0.3 is 0 Å². The molecule has 0 fully saturated rings. The zero-order chi connectivity index (χ0) is 15.1. The van der Waals surface area contributed by atoms with Crippen LogP contribution in [-0.4, -0.2) is 17.6 Å². The minimum atomic E-state index is -0.173. The van der Waals surface area contributed by atoms with Gasteiger partial charge in [0.05, 0.1) is 0 Å². The van der Waals surface area contributed by atoms with Gasteiger partial charge in [0.15, 0.2) is 5.84 Å². The van der Waals surface area contributed by atoms with Crippen LogP contribution in [0.4, 0.5) is 4.39 Å². The summed E-state index contributed by atoms with van der Waals surface area (Å²) in [5.74, 6) is -0.0866. The van der Waals surface area contributed by atoms with E-state index in [1.54, 1.807) is 18.2 Å². The number of benzene rings is 2. The quantitative estimate of drug-likeness (QED) is 0.251. The van der Waals surface area contributed by atoms with Crippen LogP contribution < -0.4 is 11.1 Å². The fourth-order valence-electron chi connectivity index (χ4n) is 2.06. The largest absolute Gasteiger partial charge is 0.409 e. The zero-order valence-electron chi connectivity index (χ0n) is 11.6. The normalized spacial score (nSPS) is 11.6. The van der Waals surface area contributed by atoms with Crippen LogP contribution in [0.15, 0.2) is 53.7 Å². The number of amidine groups is 1. The predicted octanol–water partition coefficient (Wildman–Crippen LogP) is 2.25. The molecular formula is C16H18FN3O. The summed E-state index contributed by atoms with van der Waals surface area (Å²) < 4.78 is 13.4. The Balaban J connectivity index is 1.85. The van der Waals surface area contributed by atoms with Gasteiger partial charge in [-0.1, -0.05) is 41.6 Å². The third-order valence-corrected chi connectivity index (χ3v) is 3.19. The summed E-state index contributed by atoms with van der Waals surface area (Å²) in [6.07, 6.45) is 0.632. The summed E-state index contributed by atoms with van der Waals surface area (Å²) in [5, 5.41) is 14.9. The molecule has 0 aliphatic carbocycles. The lowest BCUT2D eigenvalue weighted by Crippen LogP contribution is -2.18. The van der Waals surface area contributed by atoms with Gasteiger partial charge < -0.3 is 16.3 Å². The molecule has 0 amide bonds. The van der Waals surface area contributed by atoms with Crippen LogP contribution in [0.25, 0.3) is 0 Å². The fourth-order valence-corrected chi connectivity index (χ4v) is 2.06. The van der Waals surface area contributed by atoms with Gasteiger partial charge in [-0.25, -0.2) is 4.39 Å². The Kier molecular flexibility index (Phi) is 5.29. The molecule has 2 rings (SSSR count). The average Bonchev–Trinajstić information content (AvgIpc) is 2.52. The van der Waals surface area contributed by atoms with Crippen molar-refractivity contribution in [3.63, 3.8) is 0 Å². The lowest BCUT2D eigenvalue weighted by atomic mass is 10.1. The van der Waals surface area contributed by atoms with Gasteiger partial charge in [0, 0.05) is 12.1 Å². The van der Waals surface area contributed by atoms with E-state index in [-0.39, 0.29) is 11.7 Å². The SMILES string of the molecule is NC(=NO)c1cccc(CNCCc2ccccc2F)c1. The van der Waals surface area contributed by atoms with E-state index >= 15 is 0 Å². The first-order valence-corrected chi connectivity index (χ1v) is 6.71. The number of hydrogen-bond donors (Lipinski definition) is 3.